The Morgan fingerprint density at radius 2 is 2.33 bits per heavy atom. The van der Waals surface area contributed by atoms with Crippen molar-refractivity contribution in [1.82, 2.24) is 0 Å². The Bertz CT molecular complexity index is 410. The summed E-state index contributed by atoms with van der Waals surface area (Å²) < 4.78 is 18.5. The predicted octanol–water partition coefficient (Wildman–Crippen LogP) is 1.29. The van der Waals surface area contributed by atoms with Crippen LogP contribution in [0.25, 0.3) is 0 Å². The maximum absolute atomic E-state index is 13.5. The lowest BCUT2D eigenvalue weighted by Gasteiger charge is -2.34. The molecular weight excluding hydrogens is 221 g/mol. The molecule has 1 heterocycles. The van der Waals surface area contributed by atoms with Gasteiger partial charge in [0.2, 0.25) is 5.91 Å². The molecule has 1 saturated heterocycles. The number of nitrogens with two attached hydrogens (primary N) is 1. The van der Waals surface area contributed by atoms with Gasteiger partial charge in [-0.05, 0) is 6.07 Å². The molecule has 2 rings (SSSR count). The SMILES string of the molecule is NC(=O)C1OC[C]1c1cccc(Cl)c1F. The average Bonchev–Trinajstić information content (AvgIpc) is 2.10. The number of ether oxygens (including phenoxy) is 1. The molecule has 1 aromatic rings. The molecule has 0 saturated carbocycles. The average molecular weight is 229 g/mol. The fourth-order valence-corrected chi connectivity index (χ4v) is 1.65. The van der Waals surface area contributed by atoms with Crippen molar-refractivity contribution < 1.29 is 13.9 Å². The molecule has 1 radical (unpaired) electrons. The van der Waals surface area contributed by atoms with Gasteiger partial charge in [-0.15, -0.1) is 0 Å². The smallest absolute Gasteiger partial charge is 0.247 e. The molecule has 15 heavy (non-hydrogen) atoms. The zero-order valence-electron chi connectivity index (χ0n) is 7.67. The van der Waals surface area contributed by atoms with Gasteiger partial charge in [0.15, 0.2) is 0 Å². The molecule has 0 bridgehead atoms. The van der Waals surface area contributed by atoms with Crippen LogP contribution in [-0.2, 0) is 9.53 Å². The van der Waals surface area contributed by atoms with E-state index in [0.717, 1.165) is 0 Å². The lowest BCUT2D eigenvalue weighted by atomic mass is 9.89. The summed E-state index contributed by atoms with van der Waals surface area (Å²) in [5.41, 5.74) is 5.38. The van der Waals surface area contributed by atoms with Crippen LogP contribution in [0.15, 0.2) is 18.2 Å². The minimum Gasteiger partial charge on any atom is -0.367 e. The summed E-state index contributed by atoms with van der Waals surface area (Å²) in [5, 5.41) is 0.0233. The van der Waals surface area contributed by atoms with Crippen LogP contribution >= 0.6 is 11.6 Å². The number of hydrogen-bond donors (Lipinski definition) is 1. The highest BCUT2D eigenvalue weighted by atomic mass is 35.5. The lowest BCUT2D eigenvalue weighted by Crippen LogP contribution is -2.48. The zero-order chi connectivity index (χ0) is 11.0. The van der Waals surface area contributed by atoms with Crippen molar-refractivity contribution in [3.8, 4) is 0 Å². The van der Waals surface area contributed by atoms with Crippen molar-refractivity contribution in [2.45, 2.75) is 6.10 Å². The van der Waals surface area contributed by atoms with Crippen molar-refractivity contribution in [2.24, 2.45) is 5.73 Å². The Hall–Kier alpha value is -1.13. The van der Waals surface area contributed by atoms with E-state index in [2.05, 4.69) is 0 Å². The molecule has 3 nitrogen and oxygen atoms in total. The first-order chi connectivity index (χ1) is 7.11. The molecule has 2 N–H and O–H groups in total. The number of hydrogen-bond acceptors (Lipinski definition) is 2. The summed E-state index contributed by atoms with van der Waals surface area (Å²) in [7, 11) is 0. The molecule has 1 aliphatic heterocycles. The van der Waals surface area contributed by atoms with Crippen molar-refractivity contribution in [3.05, 3.63) is 40.5 Å². The van der Waals surface area contributed by atoms with Gasteiger partial charge in [-0.3, -0.25) is 4.79 Å². The molecular formula is C10H8ClFNO2. The van der Waals surface area contributed by atoms with E-state index in [1.54, 1.807) is 12.1 Å². The second-order valence-electron chi connectivity index (χ2n) is 3.22. The van der Waals surface area contributed by atoms with Crippen molar-refractivity contribution in [1.29, 1.82) is 0 Å². The maximum Gasteiger partial charge on any atom is 0.247 e. The Labute approximate surface area is 91.0 Å². The van der Waals surface area contributed by atoms with E-state index in [0.29, 0.717) is 11.5 Å². The van der Waals surface area contributed by atoms with E-state index in [-0.39, 0.29) is 11.6 Å². The zero-order valence-corrected chi connectivity index (χ0v) is 8.42. The third-order valence-corrected chi connectivity index (χ3v) is 2.57. The highest BCUT2D eigenvalue weighted by Gasteiger charge is 2.40. The lowest BCUT2D eigenvalue weighted by molar-refractivity contribution is -0.135. The van der Waals surface area contributed by atoms with Crippen molar-refractivity contribution in [2.75, 3.05) is 6.61 Å². The second-order valence-corrected chi connectivity index (χ2v) is 3.63. The summed E-state index contributed by atoms with van der Waals surface area (Å²) in [5.74, 6) is -0.609. The molecule has 5 heteroatoms. The van der Waals surface area contributed by atoms with E-state index in [1.807, 2.05) is 0 Å². The van der Waals surface area contributed by atoms with Gasteiger partial charge in [0.1, 0.15) is 11.9 Å². The van der Waals surface area contributed by atoms with Gasteiger partial charge < -0.3 is 10.5 Å². The predicted molar refractivity (Wildman–Crippen MR) is 52.7 cm³/mol. The molecule has 1 aliphatic rings. The standard InChI is InChI=1S/C10H8ClFNO2/c11-7-3-1-2-5(8(7)12)6-4-15-9(6)10(13)14/h1-3,9H,4H2,(H2,13,14). The van der Waals surface area contributed by atoms with Crippen LogP contribution in [0.5, 0.6) is 0 Å². The molecule has 1 atom stereocenters. The fraction of sp³-hybridized carbons (Fsp3) is 0.200. The van der Waals surface area contributed by atoms with Crippen LogP contribution in [0.3, 0.4) is 0 Å². The molecule has 1 amide bonds. The summed E-state index contributed by atoms with van der Waals surface area (Å²) in [6, 6.07) is 4.61. The van der Waals surface area contributed by atoms with Crippen molar-refractivity contribution in [3.63, 3.8) is 0 Å². The molecule has 1 aromatic carbocycles. The van der Waals surface area contributed by atoms with Crippen LogP contribution in [0.1, 0.15) is 5.56 Å². The van der Waals surface area contributed by atoms with Crippen molar-refractivity contribution >= 4 is 17.5 Å². The molecule has 0 spiro atoms. The first kappa shape index (κ1) is 10.4. The highest BCUT2D eigenvalue weighted by molar-refractivity contribution is 6.30. The minimum atomic E-state index is -0.821. The number of benzene rings is 1. The van der Waals surface area contributed by atoms with Gasteiger partial charge in [-0.25, -0.2) is 4.39 Å². The topological polar surface area (TPSA) is 52.3 Å². The Balaban J connectivity index is 2.31. The van der Waals surface area contributed by atoms with Gasteiger partial charge in [0.05, 0.1) is 17.5 Å². The van der Waals surface area contributed by atoms with Crippen LogP contribution in [0, 0.1) is 11.7 Å². The normalized spacial score (nSPS) is 21.1. The van der Waals surface area contributed by atoms with Crippen LogP contribution in [-0.4, -0.2) is 18.6 Å². The van der Waals surface area contributed by atoms with E-state index in [9.17, 15) is 9.18 Å². The summed E-state index contributed by atoms with van der Waals surface area (Å²) in [6.45, 7) is 0.213. The van der Waals surface area contributed by atoms with E-state index < -0.39 is 17.8 Å². The molecule has 0 aromatic heterocycles. The highest BCUT2D eigenvalue weighted by Crippen LogP contribution is 2.33. The van der Waals surface area contributed by atoms with Crippen LogP contribution in [0.2, 0.25) is 5.02 Å². The quantitative estimate of drug-likeness (QED) is 0.829. The van der Waals surface area contributed by atoms with Gasteiger partial charge >= 0.3 is 0 Å². The number of rotatable bonds is 2. The van der Waals surface area contributed by atoms with E-state index >= 15 is 0 Å². The number of primary amides is 1. The Kier molecular flexibility index (Phi) is 2.63. The Morgan fingerprint density at radius 1 is 1.60 bits per heavy atom. The Morgan fingerprint density at radius 3 is 2.87 bits per heavy atom. The third-order valence-electron chi connectivity index (χ3n) is 2.28. The van der Waals surface area contributed by atoms with Crippen LogP contribution < -0.4 is 5.73 Å². The van der Waals surface area contributed by atoms with Gasteiger partial charge in [-0.1, -0.05) is 23.7 Å². The summed E-state index contributed by atoms with van der Waals surface area (Å²) in [6.07, 6.45) is -0.821. The molecule has 79 valence electrons. The van der Waals surface area contributed by atoms with E-state index in [4.69, 9.17) is 22.1 Å². The third kappa shape index (κ3) is 1.70. The van der Waals surface area contributed by atoms with Gasteiger partial charge in [0, 0.05) is 5.56 Å². The maximum atomic E-state index is 13.5. The molecule has 1 fully saturated rings. The largest absolute Gasteiger partial charge is 0.367 e. The molecule has 0 aliphatic carbocycles. The first-order valence-corrected chi connectivity index (χ1v) is 4.70. The number of halogens is 2. The van der Waals surface area contributed by atoms with Gasteiger partial charge in [-0.2, -0.15) is 0 Å². The number of carbonyl (C=O) groups excluding carboxylic acids is 1. The molecule has 1 unspecified atom stereocenters. The fourth-order valence-electron chi connectivity index (χ4n) is 1.47. The van der Waals surface area contributed by atoms with E-state index in [1.165, 1.54) is 6.07 Å². The number of amides is 1. The van der Waals surface area contributed by atoms with Gasteiger partial charge in [0.25, 0.3) is 0 Å². The van der Waals surface area contributed by atoms with Crippen LogP contribution in [0.4, 0.5) is 4.39 Å². The first-order valence-electron chi connectivity index (χ1n) is 4.32. The summed E-state index contributed by atoms with van der Waals surface area (Å²) in [4.78, 5) is 10.9. The second kappa shape index (κ2) is 3.79. The monoisotopic (exact) mass is 228 g/mol. The number of carbonyl (C=O) groups is 1. The minimum absolute atomic E-state index is 0.0233. The summed E-state index contributed by atoms with van der Waals surface area (Å²) >= 11 is 5.62.